The molecule has 10 heteroatoms. The minimum Gasteiger partial charge on any atom is -0.325 e. The average Bonchev–Trinajstić information content (AvgIpc) is 3.08. The number of rotatable bonds is 5. The maximum absolute atomic E-state index is 12.7. The first kappa shape index (κ1) is 20.9. The number of benzene rings is 3. The molecule has 2 heterocycles. The van der Waals surface area contributed by atoms with E-state index in [4.69, 9.17) is 0 Å². The molecule has 1 aromatic heterocycles. The van der Waals surface area contributed by atoms with E-state index in [-0.39, 0.29) is 11.1 Å². The van der Waals surface area contributed by atoms with Gasteiger partial charge >= 0.3 is 0 Å². The van der Waals surface area contributed by atoms with E-state index < -0.39 is 34.9 Å². The van der Waals surface area contributed by atoms with Crippen molar-refractivity contribution in [2.45, 2.75) is 0 Å². The highest BCUT2D eigenvalue weighted by Gasteiger charge is 2.41. The molecule has 5 rings (SSSR count). The van der Waals surface area contributed by atoms with Crippen LogP contribution in [0, 0.1) is 10.1 Å². The van der Waals surface area contributed by atoms with Crippen LogP contribution in [-0.4, -0.2) is 44.1 Å². The van der Waals surface area contributed by atoms with Crippen LogP contribution in [-0.2, 0) is 4.79 Å². The minimum atomic E-state index is -0.873. The first-order valence-corrected chi connectivity index (χ1v) is 10.2. The van der Waals surface area contributed by atoms with Crippen LogP contribution in [0.15, 0.2) is 72.9 Å². The Bertz CT molecular complexity index is 1520. The van der Waals surface area contributed by atoms with Crippen molar-refractivity contribution in [3.8, 4) is 11.3 Å². The number of carbonyl (C=O) groups excluding carboxylic acids is 3. The molecule has 4 aromatic rings. The van der Waals surface area contributed by atoms with Gasteiger partial charge in [0, 0.05) is 17.3 Å². The number of imide groups is 1. The van der Waals surface area contributed by atoms with E-state index in [1.807, 2.05) is 30.3 Å². The van der Waals surface area contributed by atoms with Crippen LogP contribution in [0.4, 0.5) is 11.4 Å². The van der Waals surface area contributed by atoms with Crippen molar-refractivity contribution in [3.05, 3.63) is 94.2 Å². The summed E-state index contributed by atoms with van der Waals surface area (Å²) in [5.41, 5.74) is 2.38. The highest BCUT2D eigenvalue weighted by atomic mass is 16.6. The molecule has 0 unspecified atom stereocenters. The predicted molar refractivity (Wildman–Crippen MR) is 122 cm³/mol. The predicted octanol–water partition coefficient (Wildman–Crippen LogP) is 3.44. The summed E-state index contributed by atoms with van der Waals surface area (Å²) < 4.78 is 0. The Morgan fingerprint density at radius 1 is 0.971 bits per heavy atom. The largest absolute Gasteiger partial charge is 0.325 e. The Labute approximate surface area is 192 Å². The number of hydrogen-bond donors (Lipinski definition) is 1. The number of nitro groups is 1. The highest BCUT2D eigenvalue weighted by Crippen LogP contribution is 2.30. The van der Waals surface area contributed by atoms with E-state index in [2.05, 4.69) is 15.3 Å². The number of nitro benzene ring substituents is 1. The second-order valence-electron chi connectivity index (χ2n) is 7.53. The molecular formula is C24H15N5O5. The SMILES string of the molecule is O=C(CN1C(=O)c2cccc([N+](=O)[O-])c2C1=O)Nc1cccc(-c2cnc3ccccc3n2)c1. The molecule has 0 spiro atoms. The highest BCUT2D eigenvalue weighted by molar-refractivity contribution is 6.24. The summed E-state index contributed by atoms with van der Waals surface area (Å²) in [5, 5.41) is 13.9. The molecule has 0 radical (unpaired) electrons. The van der Waals surface area contributed by atoms with Gasteiger partial charge in [-0.1, -0.05) is 30.3 Å². The summed E-state index contributed by atoms with van der Waals surface area (Å²) >= 11 is 0. The van der Waals surface area contributed by atoms with Crippen molar-refractivity contribution in [2.24, 2.45) is 0 Å². The lowest BCUT2D eigenvalue weighted by Gasteiger charge is -2.14. The summed E-state index contributed by atoms with van der Waals surface area (Å²) in [5.74, 6) is -2.25. The molecular weight excluding hydrogens is 438 g/mol. The third-order valence-electron chi connectivity index (χ3n) is 5.37. The van der Waals surface area contributed by atoms with Gasteiger partial charge in [-0.2, -0.15) is 0 Å². The quantitative estimate of drug-likeness (QED) is 0.278. The van der Waals surface area contributed by atoms with Gasteiger partial charge in [0.2, 0.25) is 5.91 Å². The fourth-order valence-electron chi connectivity index (χ4n) is 3.81. The zero-order chi connectivity index (χ0) is 23.8. The molecule has 0 fully saturated rings. The summed E-state index contributed by atoms with van der Waals surface area (Å²) in [7, 11) is 0. The molecule has 0 saturated carbocycles. The van der Waals surface area contributed by atoms with Gasteiger partial charge in [0.1, 0.15) is 12.1 Å². The summed E-state index contributed by atoms with van der Waals surface area (Å²) in [6, 6.07) is 18.2. The van der Waals surface area contributed by atoms with Crippen molar-refractivity contribution in [3.63, 3.8) is 0 Å². The lowest BCUT2D eigenvalue weighted by atomic mass is 10.1. The third-order valence-corrected chi connectivity index (χ3v) is 5.37. The van der Waals surface area contributed by atoms with Crippen molar-refractivity contribution in [1.29, 1.82) is 0 Å². The average molecular weight is 453 g/mol. The molecule has 0 aliphatic carbocycles. The molecule has 1 aliphatic heterocycles. The zero-order valence-corrected chi connectivity index (χ0v) is 17.5. The topological polar surface area (TPSA) is 135 Å². The van der Waals surface area contributed by atoms with Gasteiger partial charge in [0.15, 0.2) is 0 Å². The number of para-hydroxylation sites is 2. The van der Waals surface area contributed by atoms with E-state index >= 15 is 0 Å². The minimum absolute atomic E-state index is 0.0936. The Kier molecular flexibility index (Phi) is 5.02. The fourth-order valence-corrected chi connectivity index (χ4v) is 3.81. The van der Waals surface area contributed by atoms with Gasteiger partial charge in [-0.3, -0.25) is 34.4 Å². The lowest BCUT2D eigenvalue weighted by Crippen LogP contribution is -2.37. The van der Waals surface area contributed by atoms with Crippen LogP contribution < -0.4 is 5.32 Å². The standard InChI is InChI=1S/C24H15N5O5/c30-21(13-28-23(31)16-7-4-10-20(29(33)34)22(16)24(28)32)26-15-6-3-5-14(11-15)19-12-25-17-8-1-2-9-18(17)27-19/h1-12H,13H2,(H,26,30). The molecule has 0 atom stereocenters. The van der Waals surface area contributed by atoms with E-state index in [0.717, 1.165) is 17.1 Å². The van der Waals surface area contributed by atoms with Gasteiger partial charge in [-0.25, -0.2) is 4.98 Å². The van der Waals surface area contributed by atoms with E-state index in [0.29, 0.717) is 21.8 Å². The summed E-state index contributed by atoms with van der Waals surface area (Å²) in [6.45, 7) is -0.580. The van der Waals surface area contributed by atoms with E-state index in [1.54, 1.807) is 24.4 Å². The Balaban J connectivity index is 1.34. The maximum Gasteiger partial charge on any atom is 0.282 e. The van der Waals surface area contributed by atoms with Crippen LogP contribution >= 0.6 is 0 Å². The van der Waals surface area contributed by atoms with Crippen LogP contribution in [0.5, 0.6) is 0 Å². The third kappa shape index (κ3) is 3.62. The fraction of sp³-hybridized carbons (Fsp3) is 0.0417. The molecule has 0 saturated heterocycles. The van der Waals surface area contributed by atoms with Crippen molar-refractivity contribution in [1.82, 2.24) is 14.9 Å². The molecule has 10 nitrogen and oxygen atoms in total. The van der Waals surface area contributed by atoms with E-state index in [1.165, 1.54) is 12.1 Å². The Hall–Kier alpha value is -4.99. The van der Waals surface area contributed by atoms with Gasteiger partial charge in [0.25, 0.3) is 17.5 Å². The second-order valence-corrected chi connectivity index (χ2v) is 7.53. The van der Waals surface area contributed by atoms with Crippen LogP contribution in [0.25, 0.3) is 22.3 Å². The van der Waals surface area contributed by atoms with Crippen LogP contribution in [0.2, 0.25) is 0 Å². The normalized spacial score (nSPS) is 12.6. The van der Waals surface area contributed by atoms with Gasteiger partial charge < -0.3 is 5.32 Å². The number of amides is 3. The molecule has 3 amide bonds. The Morgan fingerprint density at radius 3 is 2.53 bits per heavy atom. The van der Waals surface area contributed by atoms with Crippen molar-refractivity contribution in [2.75, 3.05) is 11.9 Å². The lowest BCUT2D eigenvalue weighted by molar-refractivity contribution is -0.385. The van der Waals surface area contributed by atoms with Gasteiger partial charge in [-0.15, -0.1) is 0 Å². The molecule has 34 heavy (non-hydrogen) atoms. The molecule has 1 N–H and O–H groups in total. The van der Waals surface area contributed by atoms with Crippen molar-refractivity contribution < 1.29 is 19.3 Å². The van der Waals surface area contributed by atoms with Gasteiger partial charge in [-0.05, 0) is 30.3 Å². The second kappa shape index (κ2) is 8.17. The smallest absolute Gasteiger partial charge is 0.282 e. The zero-order valence-electron chi connectivity index (χ0n) is 17.5. The molecule has 3 aromatic carbocycles. The number of aromatic nitrogens is 2. The monoisotopic (exact) mass is 453 g/mol. The first-order valence-electron chi connectivity index (χ1n) is 10.2. The first-order chi connectivity index (χ1) is 16.4. The number of anilines is 1. The summed E-state index contributed by atoms with van der Waals surface area (Å²) in [4.78, 5) is 58.1. The van der Waals surface area contributed by atoms with Crippen LogP contribution in [0.1, 0.15) is 20.7 Å². The molecule has 1 aliphatic rings. The Morgan fingerprint density at radius 2 is 1.74 bits per heavy atom. The number of nitrogens with zero attached hydrogens (tertiary/aromatic N) is 4. The van der Waals surface area contributed by atoms with E-state index in [9.17, 15) is 24.5 Å². The number of nitrogens with one attached hydrogen (secondary N) is 1. The molecule has 0 bridgehead atoms. The maximum atomic E-state index is 12.7. The van der Waals surface area contributed by atoms with Gasteiger partial charge in [0.05, 0.1) is 33.4 Å². The number of fused-ring (bicyclic) bond motifs is 2. The molecule has 166 valence electrons. The number of carbonyl (C=O) groups is 3. The summed E-state index contributed by atoms with van der Waals surface area (Å²) in [6.07, 6.45) is 1.63. The van der Waals surface area contributed by atoms with Crippen LogP contribution in [0.3, 0.4) is 0 Å². The van der Waals surface area contributed by atoms with Crippen molar-refractivity contribution >= 4 is 40.1 Å². The number of hydrogen-bond acceptors (Lipinski definition) is 7.